The van der Waals surface area contributed by atoms with Gasteiger partial charge in [0.1, 0.15) is 5.75 Å². The molecule has 3 unspecified atom stereocenters. The van der Waals surface area contributed by atoms with Crippen LogP contribution in [-0.4, -0.2) is 54.1 Å². The van der Waals surface area contributed by atoms with Crippen LogP contribution < -0.4 is 9.46 Å². The summed E-state index contributed by atoms with van der Waals surface area (Å²) >= 11 is 0. The third-order valence-corrected chi connectivity index (χ3v) is 13.0. The number of carbonyl (C=O) groups is 2. The van der Waals surface area contributed by atoms with Gasteiger partial charge in [-0.25, -0.2) is 13.1 Å². The molecule has 0 radical (unpaired) electrons. The molecule has 3 atom stereocenters. The fourth-order valence-electron chi connectivity index (χ4n) is 8.89. The number of nitrogens with one attached hydrogen (secondary N) is 1. The van der Waals surface area contributed by atoms with Crippen molar-refractivity contribution >= 4 is 32.7 Å². The molecule has 3 aromatic rings. The average Bonchev–Trinajstić information content (AvgIpc) is 3.43. The lowest BCUT2D eigenvalue weighted by atomic mass is 9.79. The minimum atomic E-state index is -3.80. The summed E-state index contributed by atoms with van der Waals surface area (Å²) in [5, 5.41) is 0.356. The van der Waals surface area contributed by atoms with Crippen LogP contribution in [-0.2, 0) is 27.8 Å². The molecule has 2 saturated heterocycles. The lowest BCUT2D eigenvalue weighted by Crippen LogP contribution is -2.52. The van der Waals surface area contributed by atoms with E-state index in [1.54, 1.807) is 27.0 Å². The fraction of sp³-hybridized carbons (Fsp3) is 0.568. The van der Waals surface area contributed by atoms with E-state index in [0.29, 0.717) is 36.5 Å². The van der Waals surface area contributed by atoms with Crippen LogP contribution in [0.5, 0.6) is 5.75 Å². The Morgan fingerprint density at radius 1 is 0.935 bits per heavy atom. The molecule has 4 heterocycles. The number of sulfonamides is 1. The zero-order valence-electron chi connectivity index (χ0n) is 27.6. The zero-order valence-corrected chi connectivity index (χ0v) is 28.4. The summed E-state index contributed by atoms with van der Waals surface area (Å²) in [5.41, 5.74) is 5.11. The van der Waals surface area contributed by atoms with Crippen LogP contribution in [0.3, 0.4) is 0 Å². The molecule has 1 saturated carbocycles. The number of nitrogens with zero attached hydrogens (tertiary/aromatic N) is 2. The van der Waals surface area contributed by atoms with Crippen LogP contribution in [0.2, 0.25) is 0 Å². The van der Waals surface area contributed by atoms with Crippen LogP contribution in [0.25, 0.3) is 22.2 Å². The van der Waals surface area contributed by atoms with Gasteiger partial charge in [0.15, 0.2) is 0 Å². The molecule has 2 bridgehead atoms. The first-order chi connectivity index (χ1) is 22.0. The second-order valence-corrected chi connectivity index (χ2v) is 17.0. The molecule has 4 aliphatic rings. The number of hydrogen-bond donors (Lipinski definition) is 1. The van der Waals surface area contributed by atoms with Gasteiger partial charge in [-0.15, -0.1) is 0 Å². The van der Waals surface area contributed by atoms with Crippen molar-refractivity contribution in [2.24, 2.45) is 5.41 Å². The molecule has 9 heteroatoms. The number of benzene rings is 2. The van der Waals surface area contributed by atoms with Gasteiger partial charge in [-0.05, 0) is 120 Å². The maximum absolute atomic E-state index is 14.9. The van der Waals surface area contributed by atoms with Gasteiger partial charge in [-0.1, -0.05) is 25.3 Å². The van der Waals surface area contributed by atoms with E-state index in [4.69, 9.17) is 4.74 Å². The molecule has 3 fully saturated rings. The number of carbonyl (C=O) groups excluding carboxylic acids is 2. The van der Waals surface area contributed by atoms with Gasteiger partial charge in [-0.3, -0.25) is 9.59 Å². The maximum Gasteiger partial charge on any atom is 0.264 e. The highest BCUT2D eigenvalue weighted by Gasteiger charge is 2.48. The van der Waals surface area contributed by atoms with Crippen LogP contribution in [0, 0.1) is 5.41 Å². The van der Waals surface area contributed by atoms with Crippen molar-refractivity contribution in [3.63, 3.8) is 0 Å². The van der Waals surface area contributed by atoms with Crippen LogP contribution >= 0.6 is 0 Å². The number of fused-ring (bicyclic) bond motifs is 7. The molecule has 1 aromatic heterocycles. The number of amides is 2. The van der Waals surface area contributed by atoms with Gasteiger partial charge in [0.25, 0.3) is 5.91 Å². The van der Waals surface area contributed by atoms with Gasteiger partial charge in [0, 0.05) is 40.7 Å². The van der Waals surface area contributed by atoms with Gasteiger partial charge < -0.3 is 14.2 Å². The van der Waals surface area contributed by atoms with Crippen molar-refractivity contribution in [3.8, 4) is 17.0 Å². The van der Waals surface area contributed by atoms with Crippen LogP contribution in [0.4, 0.5) is 0 Å². The Bertz CT molecular complexity index is 1790. The second kappa shape index (κ2) is 11.7. The molecule has 2 aromatic carbocycles. The second-order valence-electron chi connectivity index (χ2n) is 14.7. The predicted molar refractivity (Wildman–Crippen MR) is 181 cm³/mol. The van der Waals surface area contributed by atoms with Gasteiger partial charge >= 0.3 is 0 Å². The van der Waals surface area contributed by atoms with Crippen molar-refractivity contribution in [2.45, 2.75) is 121 Å². The monoisotopic (exact) mass is 645 g/mol. The van der Waals surface area contributed by atoms with Crippen molar-refractivity contribution < 1.29 is 22.7 Å². The van der Waals surface area contributed by atoms with Crippen molar-refractivity contribution in [3.05, 3.63) is 53.1 Å². The van der Waals surface area contributed by atoms with Crippen molar-refractivity contribution in [1.29, 1.82) is 0 Å². The third kappa shape index (κ3) is 5.23. The summed E-state index contributed by atoms with van der Waals surface area (Å²) in [6, 6.07) is 12.5. The van der Waals surface area contributed by atoms with E-state index in [2.05, 4.69) is 33.2 Å². The Morgan fingerprint density at radius 2 is 1.65 bits per heavy atom. The Labute approximate surface area is 272 Å². The Kier molecular flexibility index (Phi) is 7.97. The van der Waals surface area contributed by atoms with E-state index >= 15 is 0 Å². The first-order valence-electron chi connectivity index (χ1n) is 17.2. The Balaban J connectivity index is 1.44. The summed E-state index contributed by atoms with van der Waals surface area (Å²) in [4.78, 5) is 30.5. The van der Waals surface area contributed by atoms with Crippen LogP contribution in [0.15, 0.2) is 36.4 Å². The van der Waals surface area contributed by atoms with Gasteiger partial charge in [-0.2, -0.15) is 0 Å². The Morgan fingerprint density at radius 3 is 2.33 bits per heavy atom. The molecule has 0 spiro atoms. The summed E-state index contributed by atoms with van der Waals surface area (Å²) in [6.45, 7) is 5.72. The number of aromatic nitrogens is 1. The molecule has 8 nitrogen and oxygen atoms in total. The molecule has 2 amide bonds. The van der Waals surface area contributed by atoms with E-state index in [0.717, 1.165) is 72.0 Å². The molecule has 246 valence electrons. The van der Waals surface area contributed by atoms with Crippen molar-refractivity contribution in [2.75, 3.05) is 7.11 Å². The Hall–Kier alpha value is -3.33. The molecular formula is C37H47N3O5S. The minimum Gasteiger partial charge on any atom is -0.497 e. The molecule has 1 N–H and O–H groups in total. The molecule has 1 aliphatic carbocycles. The first kappa shape index (κ1) is 31.3. The first-order valence-corrected chi connectivity index (χ1v) is 18.8. The number of ether oxygens (including phenoxy) is 1. The minimum absolute atomic E-state index is 0.222. The van der Waals surface area contributed by atoms with Crippen molar-refractivity contribution in [1.82, 2.24) is 14.2 Å². The number of methoxy groups -OCH3 is 1. The van der Waals surface area contributed by atoms with E-state index in [-0.39, 0.29) is 5.91 Å². The summed E-state index contributed by atoms with van der Waals surface area (Å²) in [5.74, 6) is 0.731. The highest BCUT2D eigenvalue weighted by atomic mass is 32.2. The normalized spacial score (nSPS) is 24.8. The van der Waals surface area contributed by atoms with Gasteiger partial charge in [0.05, 0.1) is 23.5 Å². The molecule has 46 heavy (non-hydrogen) atoms. The average molecular weight is 646 g/mol. The smallest absolute Gasteiger partial charge is 0.264 e. The summed E-state index contributed by atoms with van der Waals surface area (Å²) < 4.78 is 35.5. The number of rotatable bonds is 6. The van der Waals surface area contributed by atoms with E-state index < -0.39 is 26.6 Å². The van der Waals surface area contributed by atoms with Crippen LogP contribution in [0.1, 0.15) is 112 Å². The lowest BCUT2D eigenvalue weighted by molar-refractivity contribution is -0.146. The van der Waals surface area contributed by atoms with E-state index in [9.17, 15) is 18.0 Å². The molecule has 3 aliphatic heterocycles. The predicted octanol–water partition coefficient (Wildman–Crippen LogP) is 6.94. The summed E-state index contributed by atoms with van der Waals surface area (Å²) in [6.07, 6.45) is 11.9. The quantitative estimate of drug-likeness (QED) is 0.313. The third-order valence-electron chi connectivity index (χ3n) is 11.3. The van der Waals surface area contributed by atoms with E-state index in [1.165, 1.54) is 31.2 Å². The van der Waals surface area contributed by atoms with Gasteiger partial charge in [0.2, 0.25) is 15.9 Å². The standard InChI is InChI=1S/C37H47N3O5S/c1-23(2)46(43,44)38-35(41)25-13-17-31-32(20-25)39-22-37(3,36(42)40-27-11-8-12-28(40)15-14-27)21-26-19-29(45-4)16-18-30(26)34(39)33(31)24-9-6-5-7-10-24/h13,16-20,23-24,27-28H,5-12,14-15,21-22H2,1-4H3,(H,38,41). The largest absolute Gasteiger partial charge is 0.497 e. The summed E-state index contributed by atoms with van der Waals surface area (Å²) in [7, 11) is -2.11. The number of piperidine rings is 1. The highest BCUT2D eigenvalue weighted by Crippen LogP contribution is 2.50. The SMILES string of the molecule is COc1ccc2c(c1)CC(C)(C(=O)N1C3CCCC1CC3)Cn1c-2c(C2CCCCC2)c2ccc(C(=O)NS(=O)(=O)C(C)C)cc21. The van der Waals surface area contributed by atoms with E-state index in [1.807, 2.05) is 18.2 Å². The fourth-order valence-corrected chi connectivity index (χ4v) is 9.50. The molecule has 7 rings (SSSR count). The zero-order chi connectivity index (χ0) is 32.4. The maximum atomic E-state index is 14.9. The topological polar surface area (TPSA) is 97.7 Å². The number of hydrogen-bond acceptors (Lipinski definition) is 5. The molecular weight excluding hydrogens is 598 g/mol. The highest BCUT2D eigenvalue weighted by molar-refractivity contribution is 7.90. The lowest BCUT2D eigenvalue weighted by Gasteiger charge is -2.41.